The first-order valence-corrected chi connectivity index (χ1v) is 6.97. The number of nitrogens with one attached hydrogen (secondary N) is 1. The molecule has 0 saturated carbocycles. The lowest BCUT2D eigenvalue weighted by molar-refractivity contribution is 0.0702. The number of benzene rings is 1. The van der Waals surface area contributed by atoms with Gasteiger partial charge in [-0.1, -0.05) is 29.8 Å². The Bertz CT molecular complexity index is 590. The van der Waals surface area contributed by atoms with Gasteiger partial charge in [0.25, 0.3) is 0 Å². The maximum absolute atomic E-state index is 10.9. The Morgan fingerprint density at radius 1 is 1.26 bits per heavy atom. The highest BCUT2D eigenvalue weighted by Gasteiger charge is 2.10. The predicted octanol–water partition coefficient (Wildman–Crippen LogP) is 3.35. The highest BCUT2D eigenvalue weighted by molar-refractivity contribution is 7.14. The number of aromatic carboxylic acids is 1. The molecular formula is C15H17NO2S. The van der Waals surface area contributed by atoms with Crippen LogP contribution in [-0.4, -0.2) is 11.1 Å². The maximum atomic E-state index is 10.9. The van der Waals surface area contributed by atoms with Crippen molar-refractivity contribution in [3.63, 3.8) is 0 Å². The van der Waals surface area contributed by atoms with Crippen LogP contribution < -0.4 is 5.32 Å². The number of carboxylic acids is 1. The molecule has 0 atom stereocenters. The maximum Gasteiger partial charge on any atom is 0.345 e. The Kier molecular flexibility index (Phi) is 4.35. The van der Waals surface area contributed by atoms with Gasteiger partial charge >= 0.3 is 5.97 Å². The van der Waals surface area contributed by atoms with Crippen LogP contribution in [0.2, 0.25) is 0 Å². The zero-order valence-electron chi connectivity index (χ0n) is 11.1. The lowest BCUT2D eigenvalue weighted by Crippen LogP contribution is -2.12. The van der Waals surface area contributed by atoms with Crippen LogP contribution in [0.5, 0.6) is 0 Å². The molecule has 19 heavy (non-hydrogen) atoms. The summed E-state index contributed by atoms with van der Waals surface area (Å²) in [6, 6.07) is 10.1. The van der Waals surface area contributed by atoms with Crippen LogP contribution in [0.3, 0.4) is 0 Å². The third-order valence-corrected chi connectivity index (χ3v) is 4.04. The molecule has 2 N–H and O–H groups in total. The Morgan fingerprint density at radius 2 is 2.05 bits per heavy atom. The fourth-order valence-corrected chi connectivity index (χ4v) is 2.84. The van der Waals surface area contributed by atoms with E-state index in [2.05, 4.69) is 30.4 Å². The van der Waals surface area contributed by atoms with Crippen LogP contribution in [0, 0.1) is 13.8 Å². The van der Waals surface area contributed by atoms with Crippen molar-refractivity contribution in [2.45, 2.75) is 26.9 Å². The van der Waals surface area contributed by atoms with Gasteiger partial charge in [-0.2, -0.15) is 0 Å². The molecule has 3 nitrogen and oxygen atoms in total. The molecule has 1 aromatic heterocycles. The molecule has 4 heteroatoms. The fourth-order valence-electron chi connectivity index (χ4n) is 1.96. The van der Waals surface area contributed by atoms with Crippen molar-refractivity contribution in [2.24, 2.45) is 0 Å². The van der Waals surface area contributed by atoms with Gasteiger partial charge in [0.1, 0.15) is 4.88 Å². The van der Waals surface area contributed by atoms with E-state index in [0.29, 0.717) is 11.4 Å². The zero-order valence-corrected chi connectivity index (χ0v) is 11.9. The van der Waals surface area contributed by atoms with E-state index in [0.717, 1.165) is 17.0 Å². The van der Waals surface area contributed by atoms with Crippen molar-refractivity contribution < 1.29 is 9.90 Å². The third kappa shape index (κ3) is 3.66. The molecule has 0 aliphatic rings. The molecular weight excluding hydrogens is 258 g/mol. The van der Waals surface area contributed by atoms with Gasteiger partial charge in [0, 0.05) is 18.0 Å². The molecule has 0 amide bonds. The largest absolute Gasteiger partial charge is 0.477 e. The number of carbonyl (C=O) groups is 1. The number of hydrogen-bond donors (Lipinski definition) is 2. The summed E-state index contributed by atoms with van der Waals surface area (Å²) in [5.41, 5.74) is 3.56. The van der Waals surface area contributed by atoms with E-state index in [1.54, 1.807) is 6.07 Å². The first-order chi connectivity index (χ1) is 9.06. The van der Waals surface area contributed by atoms with Gasteiger partial charge < -0.3 is 10.4 Å². The smallest absolute Gasteiger partial charge is 0.345 e. The Balaban J connectivity index is 1.94. The molecule has 0 unspecified atom stereocenters. The molecule has 1 heterocycles. The van der Waals surface area contributed by atoms with Crippen molar-refractivity contribution in [2.75, 3.05) is 0 Å². The minimum atomic E-state index is -0.849. The monoisotopic (exact) mass is 275 g/mol. The van der Waals surface area contributed by atoms with Crippen LogP contribution in [0.25, 0.3) is 0 Å². The summed E-state index contributed by atoms with van der Waals surface area (Å²) in [4.78, 5) is 12.4. The summed E-state index contributed by atoms with van der Waals surface area (Å²) in [5.74, 6) is -0.849. The van der Waals surface area contributed by atoms with Crippen molar-refractivity contribution in [1.29, 1.82) is 0 Å². The van der Waals surface area contributed by atoms with Crippen molar-refractivity contribution in [1.82, 2.24) is 5.32 Å². The SMILES string of the molecule is Cc1cccc(CNCc2cc(C(=O)O)sc2C)c1. The summed E-state index contributed by atoms with van der Waals surface area (Å²) < 4.78 is 0. The minimum Gasteiger partial charge on any atom is -0.477 e. The van der Waals surface area contributed by atoms with Gasteiger partial charge in [-0.25, -0.2) is 4.79 Å². The molecule has 0 bridgehead atoms. The molecule has 100 valence electrons. The molecule has 0 fully saturated rings. The average molecular weight is 275 g/mol. The molecule has 2 rings (SSSR count). The van der Waals surface area contributed by atoms with E-state index in [9.17, 15) is 4.79 Å². The summed E-state index contributed by atoms with van der Waals surface area (Å²) in [6.07, 6.45) is 0. The lowest BCUT2D eigenvalue weighted by atomic mass is 10.1. The fraction of sp³-hybridized carbons (Fsp3) is 0.267. The molecule has 0 saturated heterocycles. The van der Waals surface area contributed by atoms with E-state index < -0.39 is 5.97 Å². The van der Waals surface area contributed by atoms with Gasteiger partial charge in [0.2, 0.25) is 0 Å². The summed E-state index contributed by atoms with van der Waals surface area (Å²) in [6.45, 7) is 5.52. The highest BCUT2D eigenvalue weighted by atomic mass is 32.1. The van der Waals surface area contributed by atoms with E-state index in [-0.39, 0.29) is 0 Å². The molecule has 0 aliphatic heterocycles. The van der Waals surface area contributed by atoms with Gasteiger partial charge in [-0.05, 0) is 31.0 Å². The van der Waals surface area contributed by atoms with Crippen LogP contribution in [0.1, 0.15) is 31.2 Å². The quantitative estimate of drug-likeness (QED) is 0.879. The molecule has 1 aromatic carbocycles. The first-order valence-electron chi connectivity index (χ1n) is 6.15. The second kappa shape index (κ2) is 5.99. The summed E-state index contributed by atoms with van der Waals surface area (Å²) in [7, 11) is 0. The Morgan fingerprint density at radius 3 is 2.68 bits per heavy atom. The van der Waals surface area contributed by atoms with Gasteiger partial charge in [0.15, 0.2) is 0 Å². The van der Waals surface area contributed by atoms with Crippen LogP contribution in [0.15, 0.2) is 30.3 Å². The average Bonchev–Trinajstić information content (AvgIpc) is 2.71. The van der Waals surface area contributed by atoms with E-state index in [1.165, 1.54) is 22.5 Å². The standard InChI is InChI=1S/C15H17NO2S/c1-10-4-3-5-12(6-10)8-16-9-13-7-14(15(17)18)19-11(13)2/h3-7,16H,8-9H2,1-2H3,(H,17,18). The molecule has 0 aliphatic carbocycles. The van der Waals surface area contributed by atoms with Gasteiger partial charge in [-0.15, -0.1) is 11.3 Å². The van der Waals surface area contributed by atoms with Crippen LogP contribution >= 0.6 is 11.3 Å². The number of thiophene rings is 1. The number of rotatable bonds is 5. The van der Waals surface area contributed by atoms with Crippen LogP contribution in [0.4, 0.5) is 0 Å². The Hall–Kier alpha value is -1.65. The lowest BCUT2D eigenvalue weighted by Gasteiger charge is -2.05. The van der Waals surface area contributed by atoms with Gasteiger partial charge in [-0.3, -0.25) is 0 Å². The zero-order chi connectivity index (χ0) is 13.8. The number of hydrogen-bond acceptors (Lipinski definition) is 3. The molecule has 0 spiro atoms. The third-order valence-electron chi connectivity index (χ3n) is 2.96. The van der Waals surface area contributed by atoms with E-state index in [4.69, 9.17) is 5.11 Å². The second-order valence-electron chi connectivity index (χ2n) is 4.59. The minimum absolute atomic E-state index is 0.407. The normalized spacial score (nSPS) is 10.6. The van der Waals surface area contributed by atoms with Gasteiger partial charge in [0.05, 0.1) is 0 Å². The second-order valence-corrected chi connectivity index (χ2v) is 5.85. The van der Waals surface area contributed by atoms with Crippen molar-refractivity contribution >= 4 is 17.3 Å². The first kappa shape index (κ1) is 13.8. The van der Waals surface area contributed by atoms with Crippen LogP contribution in [-0.2, 0) is 13.1 Å². The number of aryl methyl sites for hydroxylation is 2. The van der Waals surface area contributed by atoms with Crippen molar-refractivity contribution in [3.05, 3.63) is 56.8 Å². The highest BCUT2D eigenvalue weighted by Crippen LogP contribution is 2.21. The molecule has 0 radical (unpaired) electrons. The van der Waals surface area contributed by atoms with E-state index >= 15 is 0 Å². The van der Waals surface area contributed by atoms with E-state index in [1.807, 2.05) is 13.0 Å². The Labute approximate surface area is 116 Å². The predicted molar refractivity (Wildman–Crippen MR) is 77.7 cm³/mol. The summed E-state index contributed by atoms with van der Waals surface area (Å²) >= 11 is 1.33. The number of carboxylic acid groups (broad SMARTS) is 1. The topological polar surface area (TPSA) is 49.3 Å². The molecule has 2 aromatic rings. The summed E-state index contributed by atoms with van der Waals surface area (Å²) in [5, 5.41) is 12.3. The van der Waals surface area contributed by atoms with Crippen molar-refractivity contribution in [3.8, 4) is 0 Å².